The first-order valence-electron chi connectivity index (χ1n) is 7.72. The molecule has 0 aliphatic heterocycles. The number of amides is 1. The number of esters is 1. The lowest BCUT2D eigenvalue weighted by Gasteiger charge is -2.01. The Morgan fingerprint density at radius 1 is 1.08 bits per heavy atom. The molecule has 0 spiro atoms. The van der Waals surface area contributed by atoms with Crippen molar-refractivity contribution in [2.45, 2.75) is 26.7 Å². The lowest BCUT2D eigenvalue weighted by Crippen LogP contribution is -2.18. The molecule has 1 aromatic rings. The van der Waals surface area contributed by atoms with Crippen molar-refractivity contribution in [1.29, 1.82) is 0 Å². The zero-order chi connectivity index (χ0) is 18.8. The number of aromatic hydroxyl groups is 2. The van der Waals surface area contributed by atoms with Crippen molar-refractivity contribution in [3.8, 4) is 11.5 Å². The lowest BCUT2D eigenvalue weighted by molar-refractivity contribution is -0.142. The van der Waals surface area contributed by atoms with E-state index in [-0.39, 0.29) is 30.2 Å². The van der Waals surface area contributed by atoms with Crippen molar-refractivity contribution in [3.63, 3.8) is 0 Å². The summed E-state index contributed by atoms with van der Waals surface area (Å²) in [6.45, 7) is 3.72. The van der Waals surface area contributed by atoms with Gasteiger partial charge in [-0.3, -0.25) is 9.59 Å². The summed E-state index contributed by atoms with van der Waals surface area (Å²) in [6, 6.07) is 4.33. The molecule has 3 N–H and O–H groups in total. The van der Waals surface area contributed by atoms with Crippen molar-refractivity contribution in [3.05, 3.63) is 53.3 Å². The number of hydrogen-bond acceptors (Lipinski definition) is 5. The van der Waals surface area contributed by atoms with E-state index in [0.29, 0.717) is 5.56 Å². The highest BCUT2D eigenvalue weighted by Gasteiger charge is 2.05. The maximum absolute atomic E-state index is 11.6. The third-order valence-electron chi connectivity index (χ3n) is 3.16. The Morgan fingerprint density at radius 2 is 1.72 bits per heavy atom. The molecule has 1 aromatic carbocycles. The SMILES string of the molecule is COC(=O)CCC(=O)N/C=C(C)/C=C(C)\C=C/c1cc(O)cc(O)c1. The van der Waals surface area contributed by atoms with Gasteiger partial charge >= 0.3 is 5.97 Å². The summed E-state index contributed by atoms with van der Waals surface area (Å²) >= 11 is 0. The number of phenols is 2. The third-order valence-corrected chi connectivity index (χ3v) is 3.16. The normalized spacial score (nSPS) is 12.3. The molecule has 6 nitrogen and oxygen atoms in total. The number of benzene rings is 1. The summed E-state index contributed by atoms with van der Waals surface area (Å²) in [6.07, 6.45) is 7.12. The van der Waals surface area contributed by atoms with Crippen LogP contribution in [0.25, 0.3) is 6.08 Å². The van der Waals surface area contributed by atoms with Crippen LogP contribution in [-0.4, -0.2) is 29.2 Å². The minimum atomic E-state index is -0.422. The van der Waals surface area contributed by atoms with E-state index in [1.165, 1.54) is 25.3 Å². The van der Waals surface area contributed by atoms with E-state index in [4.69, 9.17) is 0 Å². The quantitative estimate of drug-likeness (QED) is 0.521. The number of methoxy groups -OCH3 is 1. The molecule has 0 aliphatic carbocycles. The molecule has 0 fully saturated rings. The highest BCUT2D eigenvalue weighted by Crippen LogP contribution is 2.21. The van der Waals surface area contributed by atoms with Crippen LogP contribution >= 0.6 is 0 Å². The van der Waals surface area contributed by atoms with Crippen LogP contribution in [0, 0.1) is 0 Å². The summed E-state index contributed by atoms with van der Waals surface area (Å²) in [5.41, 5.74) is 2.41. The van der Waals surface area contributed by atoms with Crippen molar-refractivity contribution >= 4 is 18.0 Å². The van der Waals surface area contributed by atoms with E-state index in [1.54, 1.807) is 12.3 Å². The highest BCUT2D eigenvalue weighted by molar-refractivity contribution is 5.81. The summed E-state index contributed by atoms with van der Waals surface area (Å²) in [4.78, 5) is 22.5. The topological polar surface area (TPSA) is 95.9 Å². The fraction of sp³-hybridized carbons (Fsp3) is 0.263. The van der Waals surface area contributed by atoms with Gasteiger partial charge in [0.2, 0.25) is 5.91 Å². The zero-order valence-electron chi connectivity index (χ0n) is 14.6. The predicted octanol–water partition coefficient (Wildman–Crippen LogP) is 3.03. The number of rotatable bonds is 7. The maximum Gasteiger partial charge on any atom is 0.306 e. The molecule has 1 rings (SSSR count). The van der Waals surface area contributed by atoms with Crippen LogP contribution in [0.1, 0.15) is 32.3 Å². The Kier molecular flexibility index (Phi) is 7.99. The lowest BCUT2D eigenvalue weighted by atomic mass is 10.1. The van der Waals surface area contributed by atoms with Gasteiger partial charge in [-0.05, 0) is 37.1 Å². The molecule has 0 radical (unpaired) electrons. The zero-order valence-corrected chi connectivity index (χ0v) is 14.6. The molecule has 6 heteroatoms. The first kappa shape index (κ1) is 20.0. The molecule has 0 aliphatic rings. The number of carbonyl (C=O) groups is 2. The van der Waals surface area contributed by atoms with Gasteiger partial charge in [0.05, 0.1) is 13.5 Å². The molecule has 134 valence electrons. The third kappa shape index (κ3) is 8.41. The van der Waals surface area contributed by atoms with Gasteiger partial charge in [-0.25, -0.2) is 0 Å². The van der Waals surface area contributed by atoms with Crippen molar-refractivity contribution < 1.29 is 24.5 Å². The van der Waals surface area contributed by atoms with E-state index >= 15 is 0 Å². The van der Waals surface area contributed by atoms with Gasteiger partial charge in [-0.1, -0.05) is 23.8 Å². The van der Waals surface area contributed by atoms with Crippen LogP contribution in [0.2, 0.25) is 0 Å². The number of carbonyl (C=O) groups excluding carboxylic acids is 2. The Balaban J connectivity index is 2.60. The Hall–Kier alpha value is -3.02. The molecule has 0 saturated heterocycles. The summed E-state index contributed by atoms with van der Waals surface area (Å²) < 4.78 is 4.47. The molecule has 25 heavy (non-hydrogen) atoms. The van der Waals surface area contributed by atoms with Gasteiger partial charge in [0.1, 0.15) is 11.5 Å². The average molecular weight is 345 g/mol. The molecule has 0 aromatic heterocycles. The maximum atomic E-state index is 11.6. The van der Waals surface area contributed by atoms with E-state index in [9.17, 15) is 19.8 Å². The fourth-order valence-corrected chi connectivity index (χ4v) is 1.97. The Morgan fingerprint density at radius 3 is 2.32 bits per heavy atom. The number of nitrogens with one attached hydrogen (secondary N) is 1. The molecular weight excluding hydrogens is 322 g/mol. The van der Waals surface area contributed by atoms with Gasteiger partial charge < -0.3 is 20.3 Å². The van der Waals surface area contributed by atoms with Crippen LogP contribution in [0.3, 0.4) is 0 Å². The van der Waals surface area contributed by atoms with Crippen molar-refractivity contribution in [2.24, 2.45) is 0 Å². The average Bonchev–Trinajstić information content (AvgIpc) is 2.55. The van der Waals surface area contributed by atoms with E-state index in [2.05, 4.69) is 10.1 Å². The summed E-state index contributed by atoms with van der Waals surface area (Å²) in [7, 11) is 1.28. The molecule has 0 bridgehead atoms. The smallest absolute Gasteiger partial charge is 0.306 e. The van der Waals surface area contributed by atoms with Gasteiger partial charge in [0, 0.05) is 18.7 Å². The van der Waals surface area contributed by atoms with E-state index in [0.717, 1.165) is 11.1 Å². The molecule has 1 amide bonds. The summed E-state index contributed by atoms with van der Waals surface area (Å²) in [5.74, 6) is -0.699. The Bertz CT molecular complexity index is 696. The molecule has 0 unspecified atom stereocenters. The van der Waals surface area contributed by atoms with E-state index < -0.39 is 5.97 Å². The van der Waals surface area contributed by atoms with Crippen LogP contribution < -0.4 is 5.32 Å². The second-order valence-corrected chi connectivity index (χ2v) is 5.54. The number of hydrogen-bond donors (Lipinski definition) is 3. The number of phenolic OH excluding ortho intramolecular Hbond substituents is 2. The first-order valence-corrected chi connectivity index (χ1v) is 7.72. The standard InChI is InChI=1S/C19H23NO5/c1-13(4-5-15-9-16(21)11-17(22)10-15)8-14(2)12-20-18(23)6-7-19(24)25-3/h4-5,8-12,21-22H,6-7H2,1-3H3,(H,20,23)/b5-4-,13-8-,14-12+. The first-order chi connectivity index (χ1) is 11.8. The molecule has 0 atom stereocenters. The molecule has 0 heterocycles. The largest absolute Gasteiger partial charge is 0.508 e. The van der Waals surface area contributed by atoms with Gasteiger partial charge in [-0.2, -0.15) is 0 Å². The van der Waals surface area contributed by atoms with E-state index in [1.807, 2.05) is 26.0 Å². The predicted molar refractivity (Wildman–Crippen MR) is 95.7 cm³/mol. The van der Waals surface area contributed by atoms with Crippen LogP contribution in [0.5, 0.6) is 11.5 Å². The van der Waals surface area contributed by atoms with Gasteiger partial charge in [-0.15, -0.1) is 0 Å². The second kappa shape index (κ2) is 9.97. The minimum Gasteiger partial charge on any atom is -0.508 e. The van der Waals surface area contributed by atoms with Crippen LogP contribution in [0.15, 0.2) is 47.7 Å². The van der Waals surface area contributed by atoms with Gasteiger partial charge in [0.15, 0.2) is 0 Å². The molecule has 0 saturated carbocycles. The second-order valence-electron chi connectivity index (χ2n) is 5.54. The Labute approximate surface area is 147 Å². The highest BCUT2D eigenvalue weighted by atomic mass is 16.5. The number of allylic oxidation sites excluding steroid dienone is 4. The summed E-state index contributed by atoms with van der Waals surface area (Å²) in [5, 5.41) is 21.5. The van der Waals surface area contributed by atoms with Crippen molar-refractivity contribution in [2.75, 3.05) is 7.11 Å². The fourth-order valence-electron chi connectivity index (χ4n) is 1.97. The monoisotopic (exact) mass is 345 g/mol. The van der Waals surface area contributed by atoms with Crippen molar-refractivity contribution in [1.82, 2.24) is 5.32 Å². The van der Waals surface area contributed by atoms with Crippen LogP contribution in [-0.2, 0) is 14.3 Å². The van der Waals surface area contributed by atoms with Crippen LogP contribution in [0.4, 0.5) is 0 Å². The van der Waals surface area contributed by atoms with Gasteiger partial charge in [0.25, 0.3) is 0 Å². The molecular formula is C19H23NO5. The number of ether oxygens (including phenoxy) is 1. The minimum absolute atomic E-state index is 0.00738.